The van der Waals surface area contributed by atoms with Crippen LogP contribution >= 0.6 is 0 Å². The third-order valence-corrected chi connectivity index (χ3v) is 3.13. The number of para-hydroxylation sites is 1. The summed E-state index contributed by atoms with van der Waals surface area (Å²) in [7, 11) is 0. The second-order valence-corrected chi connectivity index (χ2v) is 4.33. The molecule has 0 aliphatic heterocycles. The smallest absolute Gasteiger partial charge is 0.250 e. The van der Waals surface area contributed by atoms with Gasteiger partial charge in [0.25, 0.3) is 0 Å². The van der Waals surface area contributed by atoms with Crippen molar-refractivity contribution in [3.8, 4) is 11.4 Å². The summed E-state index contributed by atoms with van der Waals surface area (Å²) in [6, 6.07) is 12.3. The third kappa shape index (κ3) is 1.79. The molecule has 0 bridgehead atoms. The number of nitrogens with zero attached hydrogens (tertiary/aromatic N) is 3. The van der Waals surface area contributed by atoms with Gasteiger partial charge >= 0.3 is 0 Å². The number of benzene rings is 2. The van der Waals surface area contributed by atoms with Crippen LogP contribution in [0.1, 0.15) is 12.5 Å². The highest BCUT2D eigenvalue weighted by atomic mass is 16.5. The minimum atomic E-state index is 0.0367. The maximum Gasteiger partial charge on any atom is 0.250 e. The van der Waals surface area contributed by atoms with Crippen LogP contribution in [0.4, 0.5) is 0 Å². The SMILES string of the molecule is CCc1ccc(O)c(-n2nc3ccccc3[n+]2[O-])c1. The summed E-state index contributed by atoms with van der Waals surface area (Å²) >= 11 is 0. The van der Waals surface area contributed by atoms with E-state index in [9.17, 15) is 10.3 Å². The van der Waals surface area contributed by atoms with E-state index in [2.05, 4.69) is 5.10 Å². The Morgan fingerprint density at radius 2 is 2.05 bits per heavy atom. The summed E-state index contributed by atoms with van der Waals surface area (Å²) in [5.74, 6) is 0.0367. The van der Waals surface area contributed by atoms with Crippen molar-refractivity contribution in [1.29, 1.82) is 0 Å². The first-order valence-corrected chi connectivity index (χ1v) is 6.10. The third-order valence-electron chi connectivity index (χ3n) is 3.13. The van der Waals surface area contributed by atoms with Crippen molar-refractivity contribution in [2.45, 2.75) is 13.3 Å². The standard InChI is InChI=1S/C14H13N3O2/c1-2-10-7-8-14(18)13(9-10)16-15-11-5-3-4-6-12(11)17(16)19/h3-9,18H,2H2,1H3. The van der Waals surface area contributed by atoms with Crippen LogP contribution in [-0.4, -0.2) is 15.0 Å². The summed E-state index contributed by atoms with van der Waals surface area (Å²) in [5, 5.41) is 26.3. The van der Waals surface area contributed by atoms with Gasteiger partial charge in [-0.15, -0.1) is 4.85 Å². The van der Waals surface area contributed by atoms with Gasteiger partial charge in [-0.25, -0.2) is 0 Å². The van der Waals surface area contributed by atoms with Crippen molar-refractivity contribution in [3.63, 3.8) is 0 Å². The molecule has 0 amide bonds. The highest BCUT2D eigenvalue weighted by Crippen LogP contribution is 2.22. The first-order valence-electron chi connectivity index (χ1n) is 6.10. The summed E-state index contributed by atoms with van der Waals surface area (Å²) in [5.41, 5.74) is 2.50. The molecule has 19 heavy (non-hydrogen) atoms. The fourth-order valence-corrected chi connectivity index (χ4v) is 2.06. The van der Waals surface area contributed by atoms with Gasteiger partial charge in [0, 0.05) is 0 Å². The van der Waals surface area contributed by atoms with Crippen molar-refractivity contribution >= 4 is 11.0 Å². The predicted molar refractivity (Wildman–Crippen MR) is 71.1 cm³/mol. The largest absolute Gasteiger partial charge is 0.692 e. The van der Waals surface area contributed by atoms with E-state index in [0.717, 1.165) is 12.0 Å². The van der Waals surface area contributed by atoms with Gasteiger partial charge in [-0.3, -0.25) is 0 Å². The molecule has 3 rings (SSSR count). The molecular formula is C14H13N3O2. The quantitative estimate of drug-likeness (QED) is 0.562. The van der Waals surface area contributed by atoms with E-state index in [4.69, 9.17) is 0 Å². The van der Waals surface area contributed by atoms with E-state index in [-0.39, 0.29) is 5.75 Å². The Morgan fingerprint density at radius 1 is 1.26 bits per heavy atom. The zero-order valence-corrected chi connectivity index (χ0v) is 10.4. The lowest BCUT2D eigenvalue weighted by atomic mass is 10.1. The molecule has 1 heterocycles. The lowest BCUT2D eigenvalue weighted by molar-refractivity contribution is -0.664. The normalized spacial score (nSPS) is 11.0. The predicted octanol–water partition coefficient (Wildman–Crippen LogP) is 1.93. The van der Waals surface area contributed by atoms with Gasteiger partial charge < -0.3 is 10.3 Å². The highest BCUT2D eigenvalue weighted by Gasteiger charge is 2.18. The maximum atomic E-state index is 12.2. The molecule has 0 fully saturated rings. The monoisotopic (exact) mass is 255 g/mol. The number of hydrogen-bond acceptors (Lipinski definition) is 3. The van der Waals surface area contributed by atoms with E-state index >= 15 is 0 Å². The molecule has 2 aromatic carbocycles. The molecule has 0 aliphatic carbocycles. The Kier molecular flexibility index (Phi) is 2.59. The van der Waals surface area contributed by atoms with E-state index < -0.39 is 0 Å². The molecule has 0 saturated carbocycles. The molecule has 0 unspecified atom stereocenters. The summed E-state index contributed by atoms with van der Waals surface area (Å²) < 4.78 is 0. The number of aryl methyl sites for hydroxylation is 1. The average Bonchev–Trinajstić information content (AvgIpc) is 2.77. The number of fused-ring (bicyclic) bond motifs is 1. The van der Waals surface area contributed by atoms with Crippen LogP contribution in [0.25, 0.3) is 16.7 Å². The Morgan fingerprint density at radius 3 is 2.79 bits per heavy atom. The van der Waals surface area contributed by atoms with E-state index in [1.54, 1.807) is 30.3 Å². The Hall–Kier alpha value is -2.56. The summed E-state index contributed by atoms with van der Waals surface area (Å²) in [6.07, 6.45) is 0.826. The van der Waals surface area contributed by atoms with E-state index in [1.165, 1.54) is 4.80 Å². The molecule has 0 radical (unpaired) electrons. The summed E-state index contributed by atoms with van der Waals surface area (Å²) in [4.78, 5) is 1.86. The fraction of sp³-hybridized carbons (Fsp3) is 0.143. The molecule has 1 N–H and O–H groups in total. The van der Waals surface area contributed by atoms with Gasteiger partial charge in [-0.2, -0.15) is 0 Å². The second kappa shape index (κ2) is 4.28. The van der Waals surface area contributed by atoms with Gasteiger partial charge in [0.15, 0.2) is 5.69 Å². The lowest BCUT2D eigenvalue weighted by Gasteiger charge is -2.07. The number of phenols is 1. The molecular weight excluding hydrogens is 242 g/mol. The van der Waals surface area contributed by atoms with Crippen molar-refractivity contribution in [1.82, 2.24) is 9.90 Å². The highest BCUT2D eigenvalue weighted by molar-refractivity contribution is 5.70. The topological polar surface area (TPSA) is 65.0 Å². The van der Waals surface area contributed by atoms with Crippen molar-refractivity contribution in [2.24, 2.45) is 0 Å². The van der Waals surface area contributed by atoms with Crippen LogP contribution < -0.4 is 4.85 Å². The zero-order chi connectivity index (χ0) is 13.4. The van der Waals surface area contributed by atoms with Crippen LogP contribution in [0.5, 0.6) is 5.75 Å². The van der Waals surface area contributed by atoms with Gasteiger partial charge in [0.2, 0.25) is 11.0 Å². The zero-order valence-electron chi connectivity index (χ0n) is 10.4. The first-order chi connectivity index (χ1) is 9.20. The number of hydrogen-bond donors (Lipinski definition) is 1. The summed E-state index contributed by atoms with van der Waals surface area (Å²) in [6.45, 7) is 2.01. The second-order valence-electron chi connectivity index (χ2n) is 4.33. The fourth-order valence-electron chi connectivity index (χ4n) is 2.06. The Labute approximate surface area is 109 Å². The molecule has 96 valence electrons. The van der Waals surface area contributed by atoms with Crippen LogP contribution in [0, 0.1) is 5.21 Å². The number of aromatic nitrogens is 3. The molecule has 0 spiro atoms. The van der Waals surface area contributed by atoms with Crippen molar-refractivity contribution in [3.05, 3.63) is 53.2 Å². The van der Waals surface area contributed by atoms with Gasteiger partial charge in [0.05, 0.1) is 5.10 Å². The molecule has 0 aliphatic rings. The lowest BCUT2D eigenvalue weighted by Crippen LogP contribution is -2.37. The van der Waals surface area contributed by atoms with Gasteiger partial charge in [0.1, 0.15) is 5.75 Å². The first kappa shape index (κ1) is 11.5. The number of aromatic hydroxyl groups is 1. The molecule has 1 aromatic heterocycles. The van der Waals surface area contributed by atoms with Crippen LogP contribution in [-0.2, 0) is 6.42 Å². The molecule has 0 saturated heterocycles. The maximum absolute atomic E-state index is 12.2. The molecule has 5 heteroatoms. The Balaban J connectivity index is 2.27. The number of rotatable bonds is 2. The van der Waals surface area contributed by atoms with Crippen molar-refractivity contribution < 1.29 is 9.95 Å². The van der Waals surface area contributed by atoms with Crippen LogP contribution in [0.3, 0.4) is 0 Å². The van der Waals surface area contributed by atoms with Crippen LogP contribution in [0.2, 0.25) is 0 Å². The Bertz CT molecular complexity index is 750. The molecule has 0 atom stereocenters. The number of phenolic OH excluding ortho intramolecular Hbond substituents is 1. The minimum Gasteiger partial charge on any atom is -0.692 e. The van der Waals surface area contributed by atoms with Crippen LogP contribution in [0.15, 0.2) is 42.5 Å². The van der Waals surface area contributed by atoms with Crippen molar-refractivity contribution in [2.75, 3.05) is 0 Å². The van der Waals surface area contributed by atoms with E-state index in [1.807, 2.05) is 19.1 Å². The van der Waals surface area contributed by atoms with Gasteiger partial charge in [-0.05, 0) is 41.0 Å². The van der Waals surface area contributed by atoms with Gasteiger partial charge in [-0.1, -0.05) is 25.1 Å². The molecule has 5 nitrogen and oxygen atoms in total. The minimum absolute atomic E-state index is 0.0367. The molecule has 3 aromatic rings. The average molecular weight is 255 g/mol. The van der Waals surface area contributed by atoms with E-state index in [0.29, 0.717) is 21.6 Å².